The molecule has 0 saturated carbocycles. The third-order valence-corrected chi connectivity index (χ3v) is 5.59. The summed E-state index contributed by atoms with van der Waals surface area (Å²) in [4.78, 5) is 30.3. The quantitative estimate of drug-likeness (QED) is 0.496. The molecule has 4 rings (SSSR count). The Labute approximate surface area is 202 Å². The van der Waals surface area contributed by atoms with Gasteiger partial charge in [0, 0.05) is 70.8 Å². The van der Waals surface area contributed by atoms with Gasteiger partial charge >= 0.3 is 5.92 Å². The number of ether oxygens (including phenoxy) is 1. The molecule has 1 atom stereocenters. The van der Waals surface area contributed by atoms with Crippen molar-refractivity contribution in [3.05, 3.63) is 54.2 Å². The Balaban J connectivity index is 1.60. The van der Waals surface area contributed by atoms with Gasteiger partial charge in [-0.25, -0.2) is 15.0 Å². The van der Waals surface area contributed by atoms with Gasteiger partial charge < -0.3 is 15.4 Å². The number of anilines is 3. The van der Waals surface area contributed by atoms with Crippen molar-refractivity contribution in [1.29, 1.82) is 0 Å². The van der Waals surface area contributed by atoms with E-state index in [9.17, 15) is 13.6 Å². The molecule has 1 aliphatic heterocycles. The fraction of sp³-hybridized carbons (Fsp3) is 0.375. The minimum atomic E-state index is -3.18. The van der Waals surface area contributed by atoms with E-state index in [0.29, 0.717) is 22.8 Å². The Morgan fingerprint density at radius 3 is 2.69 bits per heavy atom. The van der Waals surface area contributed by atoms with E-state index < -0.39 is 11.7 Å². The summed E-state index contributed by atoms with van der Waals surface area (Å²) in [5.74, 6) is -3.59. The Kier molecular flexibility index (Phi) is 7.27. The highest BCUT2D eigenvalue weighted by molar-refractivity contribution is 5.89. The van der Waals surface area contributed by atoms with Crippen molar-refractivity contribution >= 4 is 23.2 Å². The summed E-state index contributed by atoms with van der Waals surface area (Å²) in [6, 6.07) is 6.96. The largest absolute Gasteiger partial charge is 0.380 e. The summed E-state index contributed by atoms with van der Waals surface area (Å²) in [6.07, 6.45) is 5.91. The minimum Gasteiger partial charge on any atom is -0.380 e. The summed E-state index contributed by atoms with van der Waals surface area (Å²) in [7, 11) is 1.73. The van der Waals surface area contributed by atoms with Crippen LogP contribution >= 0.6 is 0 Å². The molecule has 3 aromatic heterocycles. The van der Waals surface area contributed by atoms with E-state index in [2.05, 4.69) is 35.5 Å². The molecule has 35 heavy (non-hydrogen) atoms. The van der Waals surface area contributed by atoms with Gasteiger partial charge in [0.2, 0.25) is 11.7 Å². The lowest BCUT2D eigenvalue weighted by Gasteiger charge is -2.16. The van der Waals surface area contributed by atoms with E-state index in [0.717, 1.165) is 38.5 Å². The lowest BCUT2D eigenvalue weighted by atomic mass is 10.1. The second-order valence-corrected chi connectivity index (χ2v) is 8.51. The molecule has 1 unspecified atom stereocenters. The molecule has 4 heterocycles. The lowest BCUT2D eigenvalue weighted by Crippen LogP contribution is -2.22. The van der Waals surface area contributed by atoms with Crippen LogP contribution < -0.4 is 10.6 Å². The highest BCUT2D eigenvalue weighted by Gasteiger charge is 2.28. The van der Waals surface area contributed by atoms with Crippen LogP contribution in [0, 0.1) is 0 Å². The zero-order valence-electron chi connectivity index (χ0n) is 19.8. The SMILES string of the molecule is COC1CCN(Cc2ccc(-c3cnc(NC(C)=O)cc3Nc3ccnc(C(C)(F)F)n3)nc2)C1. The molecule has 0 spiro atoms. The molecule has 184 valence electrons. The average Bonchev–Trinajstić information content (AvgIpc) is 3.27. The van der Waals surface area contributed by atoms with E-state index in [4.69, 9.17) is 4.74 Å². The van der Waals surface area contributed by atoms with Gasteiger partial charge in [-0.15, -0.1) is 0 Å². The number of rotatable bonds is 8. The number of halogens is 2. The number of pyridine rings is 2. The molecule has 1 fully saturated rings. The second kappa shape index (κ2) is 10.4. The van der Waals surface area contributed by atoms with Gasteiger partial charge in [0.1, 0.15) is 11.6 Å². The number of aromatic nitrogens is 4. The average molecular weight is 484 g/mol. The van der Waals surface area contributed by atoms with Crippen molar-refractivity contribution in [2.45, 2.75) is 38.8 Å². The maximum Gasteiger partial charge on any atom is 0.303 e. The number of hydrogen-bond donors (Lipinski definition) is 2. The molecular weight excluding hydrogens is 456 g/mol. The van der Waals surface area contributed by atoms with Gasteiger partial charge in [-0.2, -0.15) is 8.78 Å². The number of amides is 1. The first kappa shape index (κ1) is 24.6. The smallest absolute Gasteiger partial charge is 0.303 e. The van der Waals surface area contributed by atoms with Crippen molar-refractivity contribution in [1.82, 2.24) is 24.8 Å². The molecule has 2 N–H and O–H groups in total. The molecule has 0 aromatic carbocycles. The first-order valence-electron chi connectivity index (χ1n) is 11.2. The number of carbonyl (C=O) groups excluding carboxylic acids is 1. The number of nitrogens with zero attached hydrogens (tertiary/aromatic N) is 5. The Morgan fingerprint density at radius 2 is 2.03 bits per heavy atom. The molecular formula is C24H27F2N7O2. The van der Waals surface area contributed by atoms with Crippen LogP contribution in [-0.2, 0) is 22.0 Å². The van der Waals surface area contributed by atoms with Crippen molar-refractivity contribution in [2.75, 3.05) is 30.8 Å². The van der Waals surface area contributed by atoms with Crippen LogP contribution in [0.4, 0.5) is 26.1 Å². The zero-order chi connectivity index (χ0) is 25.0. The summed E-state index contributed by atoms with van der Waals surface area (Å²) in [6.45, 7) is 4.74. The van der Waals surface area contributed by atoms with Gasteiger partial charge in [-0.1, -0.05) is 6.07 Å². The highest BCUT2D eigenvalue weighted by atomic mass is 19.3. The highest BCUT2D eigenvalue weighted by Crippen LogP contribution is 2.31. The Hall–Kier alpha value is -3.57. The topological polar surface area (TPSA) is 105 Å². The molecule has 0 aliphatic carbocycles. The normalized spacial score (nSPS) is 16.3. The van der Waals surface area contributed by atoms with E-state index in [-0.39, 0.29) is 17.8 Å². The number of nitrogens with one attached hydrogen (secondary N) is 2. The van der Waals surface area contributed by atoms with Crippen molar-refractivity contribution in [3.8, 4) is 11.3 Å². The Morgan fingerprint density at radius 1 is 1.20 bits per heavy atom. The summed E-state index contributed by atoms with van der Waals surface area (Å²) in [5, 5.41) is 5.67. The fourth-order valence-corrected chi connectivity index (χ4v) is 3.86. The molecule has 3 aromatic rings. The molecule has 1 saturated heterocycles. The zero-order valence-corrected chi connectivity index (χ0v) is 19.8. The molecule has 11 heteroatoms. The van der Waals surface area contributed by atoms with Crippen LogP contribution in [0.1, 0.15) is 31.7 Å². The van der Waals surface area contributed by atoms with Gasteiger partial charge in [0.15, 0.2) is 0 Å². The van der Waals surface area contributed by atoms with Gasteiger partial charge in [-0.05, 0) is 24.1 Å². The third-order valence-electron chi connectivity index (χ3n) is 5.59. The second-order valence-electron chi connectivity index (χ2n) is 8.51. The van der Waals surface area contributed by atoms with Crippen LogP contribution in [0.15, 0.2) is 42.9 Å². The molecule has 0 radical (unpaired) electrons. The number of hydrogen-bond acceptors (Lipinski definition) is 8. The first-order valence-corrected chi connectivity index (χ1v) is 11.2. The van der Waals surface area contributed by atoms with Crippen LogP contribution in [0.3, 0.4) is 0 Å². The standard InChI is InChI=1S/C24H27F2N7O2/c1-15(34)30-22-10-20(31-21-6-8-27-23(32-21)24(2,25)26)18(12-29-22)19-5-4-16(11-28-19)13-33-9-7-17(14-33)35-3/h4-6,8,10-12,17H,7,9,13-14H2,1-3H3,(H2,27,29,30,31,32,34). The summed E-state index contributed by atoms with van der Waals surface area (Å²) < 4.78 is 32.9. The van der Waals surface area contributed by atoms with Crippen LogP contribution in [0.2, 0.25) is 0 Å². The lowest BCUT2D eigenvalue weighted by molar-refractivity contribution is -0.114. The summed E-state index contributed by atoms with van der Waals surface area (Å²) >= 11 is 0. The predicted octanol–water partition coefficient (Wildman–Crippen LogP) is 3.97. The van der Waals surface area contributed by atoms with Gasteiger partial charge in [0.05, 0.1) is 17.5 Å². The predicted molar refractivity (Wildman–Crippen MR) is 127 cm³/mol. The van der Waals surface area contributed by atoms with E-state index in [1.165, 1.54) is 19.2 Å². The monoisotopic (exact) mass is 483 g/mol. The fourth-order valence-electron chi connectivity index (χ4n) is 3.86. The molecule has 1 amide bonds. The van der Waals surface area contributed by atoms with Crippen LogP contribution in [0.5, 0.6) is 0 Å². The third kappa shape index (κ3) is 6.31. The maximum absolute atomic E-state index is 13.7. The first-order chi connectivity index (χ1) is 16.7. The molecule has 9 nitrogen and oxygen atoms in total. The van der Waals surface area contributed by atoms with Crippen molar-refractivity contribution in [2.24, 2.45) is 0 Å². The number of alkyl halides is 2. The van der Waals surface area contributed by atoms with E-state index >= 15 is 0 Å². The van der Waals surface area contributed by atoms with Crippen LogP contribution in [0.25, 0.3) is 11.3 Å². The number of methoxy groups -OCH3 is 1. The number of likely N-dealkylation sites (tertiary alicyclic amines) is 1. The van der Waals surface area contributed by atoms with E-state index in [1.807, 2.05) is 12.1 Å². The minimum absolute atomic E-state index is 0.177. The summed E-state index contributed by atoms with van der Waals surface area (Å²) in [5.41, 5.74) is 2.81. The Bertz CT molecular complexity index is 1190. The molecule has 0 bridgehead atoms. The van der Waals surface area contributed by atoms with E-state index in [1.54, 1.807) is 25.6 Å². The van der Waals surface area contributed by atoms with Gasteiger partial charge in [0.25, 0.3) is 0 Å². The van der Waals surface area contributed by atoms with Crippen molar-refractivity contribution < 1.29 is 18.3 Å². The maximum atomic E-state index is 13.7. The number of carbonyl (C=O) groups is 1. The molecule has 1 aliphatic rings. The van der Waals surface area contributed by atoms with Crippen LogP contribution in [-0.4, -0.2) is 57.0 Å². The van der Waals surface area contributed by atoms with Gasteiger partial charge in [-0.3, -0.25) is 14.7 Å². The van der Waals surface area contributed by atoms with Crippen molar-refractivity contribution in [3.63, 3.8) is 0 Å².